The summed E-state index contributed by atoms with van der Waals surface area (Å²) in [5.41, 5.74) is 1.68. The van der Waals surface area contributed by atoms with Crippen LogP contribution in [0.4, 0.5) is 0 Å². The van der Waals surface area contributed by atoms with E-state index in [2.05, 4.69) is 9.55 Å². The van der Waals surface area contributed by atoms with E-state index in [0.29, 0.717) is 10.6 Å². The number of fused-ring (bicyclic) bond motifs is 1. The number of hydrogen-bond acceptors (Lipinski definition) is 3. The van der Waals surface area contributed by atoms with Crippen LogP contribution >= 0.6 is 11.6 Å². The zero-order valence-corrected chi connectivity index (χ0v) is 15.2. The molecule has 0 saturated carbocycles. The highest BCUT2D eigenvalue weighted by Crippen LogP contribution is 2.18. The molecule has 132 valence electrons. The predicted octanol–water partition coefficient (Wildman–Crippen LogP) is 3.50. The number of ketones is 1. The number of nitrogens with zero attached hydrogens (tertiary/aromatic N) is 4. The van der Waals surface area contributed by atoms with Crippen LogP contribution in [0.25, 0.3) is 11.4 Å². The maximum Gasteiger partial charge on any atom is 0.309 e. The molecule has 26 heavy (non-hydrogen) atoms. The number of carbonyl (C=O) groups excluding carboxylic acids is 1. The van der Waals surface area contributed by atoms with Gasteiger partial charge in [0, 0.05) is 34.5 Å². The molecule has 0 unspecified atom stereocenters. The molecule has 0 radical (unpaired) electrons. The molecule has 3 heterocycles. The summed E-state index contributed by atoms with van der Waals surface area (Å²) in [7, 11) is 0. The quantitative estimate of drug-likeness (QED) is 0.524. The molecule has 0 amide bonds. The maximum atomic E-state index is 12.7. The van der Waals surface area contributed by atoms with Crippen LogP contribution in [-0.4, -0.2) is 20.5 Å². The topological polar surface area (TPSA) is 51.7 Å². The van der Waals surface area contributed by atoms with E-state index in [-0.39, 0.29) is 12.3 Å². The van der Waals surface area contributed by atoms with Crippen molar-refractivity contribution in [3.63, 3.8) is 0 Å². The minimum absolute atomic E-state index is 0.0399. The first-order valence-corrected chi connectivity index (χ1v) is 9.29. The van der Waals surface area contributed by atoms with Crippen LogP contribution in [-0.2, 0) is 19.5 Å². The van der Waals surface area contributed by atoms with Crippen molar-refractivity contribution in [2.24, 2.45) is 0 Å². The van der Waals surface area contributed by atoms with Crippen molar-refractivity contribution in [3.05, 3.63) is 65.2 Å². The lowest BCUT2D eigenvalue weighted by atomic mass is 10.1. The Labute approximate surface area is 157 Å². The highest BCUT2D eigenvalue weighted by atomic mass is 35.5. The Morgan fingerprint density at radius 2 is 1.85 bits per heavy atom. The number of rotatable bonds is 4. The van der Waals surface area contributed by atoms with Crippen LogP contribution in [0, 0.1) is 0 Å². The molecule has 5 nitrogen and oxygen atoms in total. The molecule has 0 aliphatic carbocycles. The summed E-state index contributed by atoms with van der Waals surface area (Å²) in [5.74, 6) is 2.07. The van der Waals surface area contributed by atoms with E-state index in [1.165, 1.54) is 6.42 Å². The SMILES string of the molecule is O=C(Cn1nc(-c2ccncc2)[n+]2c1CCCCC2)c1ccc(Cl)cc1. The first kappa shape index (κ1) is 16.9. The smallest absolute Gasteiger partial charge is 0.290 e. The summed E-state index contributed by atoms with van der Waals surface area (Å²) < 4.78 is 4.13. The number of benzene rings is 1. The average Bonchev–Trinajstić information content (AvgIpc) is 2.84. The van der Waals surface area contributed by atoms with Gasteiger partial charge in [-0.1, -0.05) is 11.6 Å². The van der Waals surface area contributed by atoms with Gasteiger partial charge in [-0.3, -0.25) is 9.78 Å². The van der Waals surface area contributed by atoms with E-state index in [0.717, 1.165) is 43.0 Å². The predicted molar refractivity (Wildman–Crippen MR) is 99.0 cm³/mol. The van der Waals surface area contributed by atoms with Crippen LogP contribution in [0.3, 0.4) is 0 Å². The molecular formula is C20H20ClN4O+. The van der Waals surface area contributed by atoms with Crippen molar-refractivity contribution in [1.82, 2.24) is 14.8 Å². The van der Waals surface area contributed by atoms with E-state index < -0.39 is 0 Å². The van der Waals surface area contributed by atoms with Gasteiger partial charge in [-0.15, -0.1) is 4.68 Å². The Hall–Kier alpha value is -2.53. The molecule has 0 atom stereocenters. The molecule has 6 heteroatoms. The first-order chi connectivity index (χ1) is 12.7. The van der Waals surface area contributed by atoms with E-state index in [4.69, 9.17) is 16.7 Å². The van der Waals surface area contributed by atoms with Crippen LogP contribution in [0.2, 0.25) is 5.02 Å². The molecular weight excluding hydrogens is 348 g/mol. The Bertz CT molecular complexity index is 919. The first-order valence-electron chi connectivity index (χ1n) is 8.91. The molecule has 3 aromatic rings. The minimum atomic E-state index is 0.0399. The summed E-state index contributed by atoms with van der Waals surface area (Å²) in [6.45, 7) is 1.17. The molecule has 1 aromatic carbocycles. The summed E-state index contributed by atoms with van der Waals surface area (Å²) in [6, 6.07) is 11.0. The van der Waals surface area contributed by atoms with Crippen molar-refractivity contribution < 1.29 is 9.36 Å². The number of carbonyl (C=O) groups is 1. The van der Waals surface area contributed by atoms with Crippen LogP contribution < -0.4 is 4.57 Å². The van der Waals surface area contributed by atoms with Gasteiger partial charge in [0.05, 0.1) is 12.1 Å². The van der Waals surface area contributed by atoms with E-state index >= 15 is 0 Å². The van der Waals surface area contributed by atoms with E-state index in [1.807, 2.05) is 16.8 Å². The third-order valence-corrected chi connectivity index (χ3v) is 5.01. The van der Waals surface area contributed by atoms with Gasteiger partial charge < -0.3 is 0 Å². The summed E-state index contributed by atoms with van der Waals surface area (Å²) in [4.78, 5) is 16.8. The third kappa shape index (κ3) is 3.40. The Morgan fingerprint density at radius 3 is 2.62 bits per heavy atom. The maximum absolute atomic E-state index is 12.7. The van der Waals surface area contributed by atoms with Crippen LogP contribution in [0.15, 0.2) is 48.8 Å². The zero-order chi connectivity index (χ0) is 17.9. The fourth-order valence-electron chi connectivity index (χ4n) is 3.42. The monoisotopic (exact) mass is 367 g/mol. The number of halogens is 1. The number of Topliss-reactive ketones (excluding diaryl/α,β-unsaturated/α-hetero) is 1. The Kier molecular flexibility index (Phi) is 4.80. The van der Waals surface area contributed by atoms with Gasteiger partial charge in [0.25, 0.3) is 0 Å². The Balaban J connectivity index is 1.70. The zero-order valence-electron chi connectivity index (χ0n) is 14.4. The van der Waals surface area contributed by atoms with Crippen molar-refractivity contribution in [1.29, 1.82) is 0 Å². The standard InChI is InChI=1S/C20H20ClN4O/c21-17-7-5-15(6-8-17)18(26)14-25-19-4-2-1-3-13-24(19)20(23-25)16-9-11-22-12-10-16/h5-12H,1-4,13-14H2/q+1. The van der Waals surface area contributed by atoms with E-state index in [1.54, 1.807) is 36.7 Å². The summed E-state index contributed by atoms with van der Waals surface area (Å²) in [6.07, 6.45) is 7.94. The van der Waals surface area contributed by atoms with Crippen molar-refractivity contribution in [3.8, 4) is 11.4 Å². The summed E-state index contributed by atoms with van der Waals surface area (Å²) >= 11 is 5.92. The number of pyridine rings is 1. The van der Waals surface area contributed by atoms with Crippen molar-refractivity contribution in [2.75, 3.05) is 0 Å². The molecule has 2 aromatic heterocycles. The molecule has 0 bridgehead atoms. The third-order valence-electron chi connectivity index (χ3n) is 4.76. The van der Waals surface area contributed by atoms with Crippen LogP contribution in [0.5, 0.6) is 0 Å². The van der Waals surface area contributed by atoms with Crippen molar-refractivity contribution >= 4 is 17.4 Å². The van der Waals surface area contributed by atoms with Crippen LogP contribution in [0.1, 0.15) is 35.4 Å². The molecule has 1 aliphatic heterocycles. The van der Waals surface area contributed by atoms with Gasteiger partial charge >= 0.3 is 5.82 Å². The molecule has 0 saturated heterocycles. The van der Waals surface area contributed by atoms with Crippen molar-refractivity contribution in [2.45, 2.75) is 38.8 Å². The van der Waals surface area contributed by atoms with Gasteiger partial charge in [-0.25, -0.2) is 4.57 Å². The normalized spacial score (nSPS) is 13.9. The highest BCUT2D eigenvalue weighted by Gasteiger charge is 2.29. The fraction of sp³-hybridized carbons (Fsp3) is 0.300. The molecule has 4 rings (SSSR count). The molecule has 0 spiro atoms. The second-order valence-corrected chi connectivity index (χ2v) is 6.96. The van der Waals surface area contributed by atoms with Gasteiger partial charge in [0.2, 0.25) is 5.82 Å². The second kappa shape index (κ2) is 7.38. The minimum Gasteiger partial charge on any atom is -0.290 e. The molecule has 0 N–H and O–H groups in total. The van der Waals surface area contributed by atoms with Gasteiger partial charge in [0.1, 0.15) is 0 Å². The lowest BCUT2D eigenvalue weighted by Gasteiger charge is -2.01. The second-order valence-electron chi connectivity index (χ2n) is 6.53. The van der Waals surface area contributed by atoms with Gasteiger partial charge in [-0.2, -0.15) is 0 Å². The lowest BCUT2D eigenvalue weighted by Crippen LogP contribution is -2.38. The number of hydrogen-bond donors (Lipinski definition) is 0. The van der Waals surface area contributed by atoms with E-state index in [9.17, 15) is 4.79 Å². The largest absolute Gasteiger partial charge is 0.309 e. The summed E-state index contributed by atoms with van der Waals surface area (Å²) in [5, 5.41) is 5.42. The van der Waals surface area contributed by atoms with Gasteiger partial charge in [0.15, 0.2) is 12.3 Å². The Morgan fingerprint density at radius 1 is 1.08 bits per heavy atom. The number of aromatic nitrogens is 4. The molecule has 0 fully saturated rings. The fourth-order valence-corrected chi connectivity index (χ4v) is 3.55. The average molecular weight is 368 g/mol. The highest BCUT2D eigenvalue weighted by molar-refractivity contribution is 6.30. The lowest BCUT2D eigenvalue weighted by molar-refractivity contribution is -0.693. The molecule has 1 aliphatic rings. The van der Waals surface area contributed by atoms with Gasteiger partial charge in [-0.05, 0) is 55.7 Å².